The van der Waals surface area contributed by atoms with Gasteiger partial charge in [-0.1, -0.05) is 62.2 Å². The molecule has 5 heterocycles. The number of aromatic amines is 1. The highest BCUT2D eigenvalue weighted by atomic mass is 19.1. The summed E-state index contributed by atoms with van der Waals surface area (Å²) in [6.45, 7) is 6.92. The average Bonchev–Trinajstić information content (AvgIpc) is 3.78. The van der Waals surface area contributed by atoms with Gasteiger partial charge in [-0.3, -0.25) is 4.98 Å². The number of halogens is 1. The van der Waals surface area contributed by atoms with Crippen LogP contribution in [0.1, 0.15) is 69.1 Å². The minimum atomic E-state index is -0.473. The van der Waals surface area contributed by atoms with Gasteiger partial charge in [-0.15, -0.1) is 5.10 Å². The van der Waals surface area contributed by atoms with E-state index in [1.54, 1.807) is 33.9 Å². The van der Waals surface area contributed by atoms with Crippen LogP contribution in [-0.4, -0.2) is 39.7 Å². The maximum absolute atomic E-state index is 15.7. The van der Waals surface area contributed by atoms with Gasteiger partial charge in [0.15, 0.2) is 23.2 Å². The van der Waals surface area contributed by atoms with E-state index in [9.17, 15) is 0 Å². The Morgan fingerprint density at radius 3 is 2.66 bits per heavy atom. The molecule has 10 heteroatoms. The molecule has 0 saturated carbocycles. The smallest absolute Gasteiger partial charge is 0.176 e. The molecule has 6 aromatic rings. The van der Waals surface area contributed by atoms with Gasteiger partial charge in [-0.2, -0.15) is 5.10 Å². The van der Waals surface area contributed by atoms with Crippen molar-refractivity contribution in [2.24, 2.45) is 7.05 Å². The zero-order chi connectivity index (χ0) is 30.5. The highest BCUT2D eigenvalue weighted by molar-refractivity contribution is 5.85. The zero-order valence-electron chi connectivity index (χ0n) is 25.4. The fourth-order valence-electron chi connectivity index (χ4n) is 6.26. The average molecular weight is 591 g/mol. The Balaban J connectivity index is 1.38. The molecule has 9 nitrogen and oxygen atoms in total. The van der Waals surface area contributed by atoms with Gasteiger partial charge in [0.25, 0.3) is 0 Å². The lowest BCUT2D eigenvalue weighted by molar-refractivity contribution is 0.401. The zero-order valence-corrected chi connectivity index (χ0v) is 25.4. The van der Waals surface area contributed by atoms with Gasteiger partial charge in [0.1, 0.15) is 11.4 Å². The minimum Gasteiger partial charge on any atom is -0.454 e. The summed E-state index contributed by atoms with van der Waals surface area (Å²) in [5.74, 6) is 1.46. The van der Waals surface area contributed by atoms with Crippen molar-refractivity contribution in [1.82, 2.24) is 39.7 Å². The summed E-state index contributed by atoms with van der Waals surface area (Å²) >= 11 is 0. The number of benzene rings is 2. The number of nitrogens with zero attached hydrogens (tertiary/aromatic N) is 7. The van der Waals surface area contributed by atoms with E-state index in [-0.39, 0.29) is 11.2 Å². The Bertz CT molecular complexity index is 1960. The standard InChI is InChI=1S/C34H35FN8O/c1-33(2)14-8-9-15-34(3,22-10-6-5-7-11-22)32-38-31(42(4)40-32)28-18-23(12-16-37-28)44-30-25(20-43-21-29(33)39-41-43)24-13-17-36-27(24)19-26(30)35/h5-7,10-13,16-19,21,36H,8-9,14-15,20H2,1-4H3. The van der Waals surface area contributed by atoms with Crippen LogP contribution in [0, 0.1) is 5.82 Å². The molecule has 1 aliphatic rings. The predicted molar refractivity (Wildman–Crippen MR) is 166 cm³/mol. The van der Waals surface area contributed by atoms with E-state index in [2.05, 4.69) is 65.3 Å². The maximum atomic E-state index is 15.7. The number of hydrogen-bond acceptors (Lipinski definition) is 6. The molecular weight excluding hydrogens is 555 g/mol. The Kier molecular flexibility index (Phi) is 6.79. The molecular formula is C34H35FN8O. The molecule has 0 spiro atoms. The molecule has 0 fully saturated rings. The molecule has 0 amide bonds. The van der Waals surface area contributed by atoms with E-state index in [1.807, 2.05) is 25.4 Å². The third kappa shape index (κ3) is 4.94. The fraction of sp³-hybridized carbons (Fsp3) is 0.324. The fourth-order valence-corrected chi connectivity index (χ4v) is 6.26. The molecule has 0 radical (unpaired) electrons. The molecule has 1 atom stereocenters. The SMILES string of the molecule is Cn1nc2nc1-c1cc(ccn1)Oc1c(F)cc3[nH]ccc3c1Cn1cc(nn1)C(C)(C)CCCCC2(C)c1ccccc1. The largest absolute Gasteiger partial charge is 0.454 e. The van der Waals surface area contributed by atoms with Gasteiger partial charge in [0.2, 0.25) is 0 Å². The van der Waals surface area contributed by atoms with Crippen molar-refractivity contribution in [3.8, 4) is 23.0 Å². The summed E-state index contributed by atoms with van der Waals surface area (Å²) in [6, 6.07) is 17.3. The van der Waals surface area contributed by atoms with E-state index in [0.717, 1.165) is 42.6 Å². The summed E-state index contributed by atoms with van der Waals surface area (Å²) < 4.78 is 25.5. The van der Waals surface area contributed by atoms with Crippen molar-refractivity contribution in [2.45, 2.75) is 63.8 Å². The topological polar surface area (TPSA) is 99.3 Å². The van der Waals surface area contributed by atoms with Crippen LogP contribution >= 0.6 is 0 Å². The molecule has 1 N–H and O–H groups in total. The molecule has 2 aromatic carbocycles. The monoisotopic (exact) mass is 590 g/mol. The molecule has 1 aliphatic heterocycles. The third-order valence-corrected chi connectivity index (χ3v) is 8.99. The van der Waals surface area contributed by atoms with Crippen LogP contribution in [-0.2, 0) is 24.4 Å². The number of H-pyrrole nitrogens is 1. The van der Waals surface area contributed by atoms with Gasteiger partial charge in [0.05, 0.1) is 17.7 Å². The Morgan fingerprint density at radius 2 is 1.82 bits per heavy atom. The van der Waals surface area contributed by atoms with Crippen molar-refractivity contribution < 1.29 is 9.13 Å². The summed E-state index contributed by atoms with van der Waals surface area (Å²) in [7, 11) is 1.88. The Morgan fingerprint density at radius 1 is 1.00 bits per heavy atom. The summed E-state index contributed by atoms with van der Waals surface area (Å²) in [6.07, 6.45) is 9.21. The molecule has 0 aliphatic carbocycles. The number of ether oxygens (including phenoxy) is 1. The number of hydrogen-bond donors (Lipinski definition) is 1. The van der Waals surface area contributed by atoms with Gasteiger partial charge in [-0.25, -0.2) is 18.7 Å². The van der Waals surface area contributed by atoms with Gasteiger partial charge >= 0.3 is 0 Å². The van der Waals surface area contributed by atoms with Crippen LogP contribution in [0.15, 0.2) is 73.2 Å². The first-order valence-corrected chi connectivity index (χ1v) is 15.0. The number of fused-ring (bicyclic) bond motifs is 10. The van der Waals surface area contributed by atoms with Gasteiger partial charge in [-0.05, 0) is 37.5 Å². The first-order chi connectivity index (χ1) is 21.2. The second kappa shape index (κ2) is 10.7. The molecule has 224 valence electrons. The quantitative estimate of drug-likeness (QED) is 0.220. The van der Waals surface area contributed by atoms with Gasteiger partial charge in [0, 0.05) is 59.7 Å². The van der Waals surface area contributed by atoms with Crippen molar-refractivity contribution in [2.75, 3.05) is 0 Å². The second-order valence-corrected chi connectivity index (χ2v) is 12.6. The highest BCUT2D eigenvalue weighted by Crippen LogP contribution is 2.39. The summed E-state index contributed by atoms with van der Waals surface area (Å²) in [5, 5.41) is 14.8. The number of pyridine rings is 1. The lowest BCUT2D eigenvalue weighted by Gasteiger charge is -2.28. The van der Waals surface area contributed by atoms with Crippen LogP contribution in [0.4, 0.5) is 4.39 Å². The Hall–Kier alpha value is -4.86. The molecule has 1 unspecified atom stereocenters. The Labute approximate surface area is 255 Å². The van der Waals surface area contributed by atoms with E-state index in [1.165, 1.54) is 11.6 Å². The van der Waals surface area contributed by atoms with E-state index in [0.29, 0.717) is 34.9 Å². The molecule has 7 rings (SSSR count). The van der Waals surface area contributed by atoms with Crippen molar-refractivity contribution in [3.05, 3.63) is 102 Å². The minimum absolute atomic E-state index is 0.138. The van der Waals surface area contributed by atoms with Crippen molar-refractivity contribution >= 4 is 10.9 Å². The first kappa shape index (κ1) is 27.9. The van der Waals surface area contributed by atoms with Crippen LogP contribution in [0.2, 0.25) is 0 Å². The van der Waals surface area contributed by atoms with E-state index in [4.69, 9.17) is 14.8 Å². The first-order valence-electron chi connectivity index (χ1n) is 15.0. The van der Waals surface area contributed by atoms with Crippen molar-refractivity contribution in [1.29, 1.82) is 0 Å². The maximum Gasteiger partial charge on any atom is 0.176 e. The van der Waals surface area contributed by atoms with Crippen molar-refractivity contribution in [3.63, 3.8) is 0 Å². The lowest BCUT2D eigenvalue weighted by atomic mass is 9.76. The number of rotatable bonds is 1. The summed E-state index contributed by atoms with van der Waals surface area (Å²) in [4.78, 5) is 12.8. The normalized spacial score (nSPS) is 18.6. The van der Waals surface area contributed by atoms with E-state index >= 15 is 4.39 Å². The van der Waals surface area contributed by atoms with E-state index < -0.39 is 11.2 Å². The summed E-state index contributed by atoms with van der Waals surface area (Å²) in [5.41, 5.74) is 3.41. The number of nitrogens with one attached hydrogen (secondary N) is 1. The number of aromatic nitrogens is 8. The predicted octanol–water partition coefficient (Wildman–Crippen LogP) is 7.09. The second-order valence-electron chi connectivity index (χ2n) is 12.6. The lowest BCUT2D eigenvalue weighted by Crippen LogP contribution is -2.26. The number of aryl methyl sites for hydroxylation is 1. The van der Waals surface area contributed by atoms with Gasteiger partial charge < -0.3 is 9.72 Å². The highest BCUT2D eigenvalue weighted by Gasteiger charge is 2.34. The molecule has 0 saturated heterocycles. The van der Waals surface area contributed by atoms with Crippen LogP contribution < -0.4 is 4.74 Å². The van der Waals surface area contributed by atoms with Crippen LogP contribution in [0.5, 0.6) is 11.5 Å². The third-order valence-electron chi connectivity index (χ3n) is 8.99. The van der Waals surface area contributed by atoms with Crippen LogP contribution in [0.3, 0.4) is 0 Å². The molecule has 6 bridgehead atoms. The molecule has 4 aromatic heterocycles. The molecule has 44 heavy (non-hydrogen) atoms. The van der Waals surface area contributed by atoms with Crippen LogP contribution in [0.25, 0.3) is 22.4 Å².